The molecule has 0 saturated heterocycles. The van der Waals surface area contributed by atoms with E-state index in [9.17, 15) is 5.26 Å². The van der Waals surface area contributed by atoms with Crippen LogP contribution in [0.1, 0.15) is 56.3 Å². The van der Waals surface area contributed by atoms with Crippen molar-refractivity contribution in [3.05, 3.63) is 29.6 Å². The van der Waals surface area contributed by atoms with Crippen LogP contribution in [-0.2, 0) is 6.54 Å². The Bertz CT molecular complexity index is 933. The van der Waals surface area contributed by atoms with E-state index >= 15 is 0 Å². The first-order chi connectivity index (χ1) is 14.3. The van der Waals surface area contributed by atoms with Crippen LogP contribution in [0.2, 0.25) is 0 Å². The number of fused-ring (bicyclic) bond motifs is 1. The minimum absolute atomic E-state index is 0.157. The van der Waals surface area contributed by atoms with Crippen LogP contribution in [-0.4, -0.2) is 33.8 Å². The van der Waals surface area contributed by atoms with Crippen LogP contribution in [0, 0.1) is 11.3 Å². The van der Waals surface area contributed by atoms with Crippen molar-refractivity contribution in [2.45, 2.75) is 63.6 Å². The Morgan fingerprint density at radius 1 is 1.03 bits per heavy atom. The van der Waals surface area contributed by atoms with Gasteiger partial charge in [0.15, 0.2) is 11.5 Å². The van der Waals surface area contributed by atoms with Gasteiger partial charge >= 0.3 is 0 Å². The van der Waals surface area contributed by atoms with Crippen molar-refractivity contribution in [3.8, 4) is 17.6 Å². The van der Waals surface area contributed by atoms with E-state index < -0.39 is 0 Å². The van der Waals surface area contributed by atoms with E-state index in [1.165, 1.54) is 19.3 Å². The van der Waals surface area contributed by atoms with Gasteiger partial charge in [0, 0.05) is 18.6 Å². The van der Waals surface area contributed by atoms with E-state index in [1.807, 2.05) is 12.1 Å². The van der Waals surface area contributed by atoms with Crippen molar-refractivity contribution in [1.82, 2.24) is 15.0 Å². The highest BCUT2D eigenvalue weighted by molar-refractivity contribution is 5.47. The predicted octanol–water partition coefficient (Wildman–Crippen LogP) is 3.39. The highest BCUT2D eigenvalue weighted by atomic mass is 16.7. The molecule has 29 heavy (non-hydrogen) atoms. The maximum atomic E-state index is 9.44. The summed E-state index contributed by atoms with van der Waals surface area (Å²) in [6.45, 7) is 0.916. The summed E-state index contributed by atoms with van der Waals surface area (Å²) >= 11 is 0. The molecule has 0 atom stereocenters. The first kappa shape index (κ1) is 18.0. The zero-order valence-corrected chi connectivity index (χ0v) is 16.3. The van der Waals surface area contributed by atoms with Gasteiger partial charge in [0.1, 0.15) is 6.07 Å². The number of nitrogens with one attached hydrogen (secondary N) is 1. The van der Waals surface area contributed by atoms with Gasteiger partial charge in [-0.05, 0) is 43.4 Å². The second-order valence-electron chi connectivity index (χ2n) is 7.92. The lowest BCUT2D eigenvalue weighted by Gasteiger charge is -2.34. The van der Waals surface area contributed by atoms with Crippen molar-refractivity contribution < 1.29 is 9.47 Å². The van der Waals surface area contributed by atoms with Gasteiger partial charge in [-0.1, -0.05) is 25.3 Å². The minimum atomic E-state index is 0.157. The number of rotatable bonds is 6. The molecule has 0 spiro atoms. The molecular formula is C21H24N6O2. The zero-order valence-electron chi connectivity index (χ0n) is 16.3. The van der Waals surface area contributed by atoms with Crippen molar-refractivity contribution in [2.75, 3.05) is 17.0 Å². The SMILES string of the molecule is N#Cc1nc(NC2CC2)nc(N(Cc2ccc3c(c2)OCO3)C2CCCCC2)n1. The van der Waals surface area contributed by atoms with Gasteiger partial charge in [-0.15, -0.1) is 0 Å². The average molecular weight is 392 g/mol. The summed E-state index contributed by atoms with van der Waals surface area (Å²) in [5.74, 6) is 2.78. The summed E-state index contributed by atoms with van der Waals surface area (Å²) < 4.78 is 11.0. The summed E-state index contributed by atoms with van der Waals surface area (Å²) in [5, 5.41) is 12.8. The number of hydrogen-bond donors (Lipinski definition) is 1. The topological polar surface area (TPSA) is 96.2 Å². The minimum Gasteiger partial charge on any atom is -0.454 e. The Morgan fingerprint density at radius 2 is 1.86 bits per heavy atom. The fourth-order valence-corrected chi connectivity index (χ4v) is 4.01. The molecule has 1 aromatic carbocycles. The van der Waals surface area contributed by atoms with Crippen LogP contribution in [0.4, 0.5) is 11.9 Å². The lowest BCUT2D eigenvalue weighted by molar-refractivity contribution is 0.174. The highest BCUT2D eigenvalue weighted by Crippen LogP contribution is 2.34. The largest absolute Gasteiger partial charge is 0.454 e. The van der Waals surface area contributed by atoms with Crippen LogP contribution in [0.3, 0.4) is 0 Å². The summed E-state index contributed by atoms with van der Waals surface area (Å²) in [4.78, 5) is 15.7. The van der Waals surface area contributed by atoms with Crippen LogP contribution in [0.25, 0.3) is 0 Å². The van der Waals surface area contributed by atoms with E-state index in [2.05, 4.69) is 32.3 Å². The Hall–Kier alpha value is -3.08. The third-order valence-corrected chi connectivity index (χ3v) is 5.70. The van der Waals surface area contributed by atoms with Gasteiger partial charge in [0.05, 0.1) is 0 Å². The Kier molecular flexibility index (Phi) is 4.80. The molecular weight excluding hydrogens is 368 g/mol. The van der Waals surface area contributed by atoms with Crippen molar-refractivity contribution >= 4 is 11.9 Å². The lowest BCUT2D eigenvalue weighted by Crippen LogP contribution is -2.38. The summed E-state index contributed by atoms with van der Waals surface area (Å²) in [7, 11) is 0. The molecule has 2 fully saturated rings. The van der Waals surface area contributed by atoms with E-state index in [-0.39, 0.29) is 12.6 Å². The fraction of sp³-hybridized carbons (Fsp3) is 0.524. The van der Waals surface area contributed by atoms with Crippen LogP contribution < -0.4 is 19.7 Å². The molecule has 2 saturated carbocycles. The predicted molar refractivity (Wildman–Crippen MR) is 107 cm³/mol. The molecule has 2 aromatic rings. The maximum absolute atomic E-state index is 9.44. The molecule has 5 rings (SSSR count). The van der Waals surface area contributed by atoms with Crippen LogP contribution in [0.5, 0.6) is 11.5 Å². The molecule has 0 bridgehead atoms. The molecule has 150 valence electrons. The molecule has 2 heterocycles. The number of hydrogen-bond acceptors (Lipinski definition) is 8. The van der Waals surface area contributed by atoms with Gasteiger partial charge in [-0.2, -0.15) is 20.2 Å². The summed E-state index contributed by atoms with van der Waals surface area (Å²) in [6.07, 6.45) is 8.10. The Morgan fingerprint density at radius 3 is 2.66 bits per heavy atom. The normalized spacial score (nSPS) is 18.3. The smallest absolute Gasteiger partial charge is 0.238 e. The number of nitriles is 1. The monoisotopic (exact) mass is 392 g/mol. The van der Waals surface area contributed by atoms with Gasteiger partial charge in [-0.25, -0.2) is 0 Å². The van der Waals surface area contributed by atoms with E-state index in [0.29, 0.717) is 30.5 Å². The lowest BCUT2D eigenvalue weighted by atomic mass is 9.94. The fourth-order valence-electron chi connectivity index (χ4n) is 4.01. The highest BCUT2D eigenvalue weighted by Gasteiger charge is 2.27. The van der Waals surface area contributed by atoms with Gasteiger partial charge < -0.3 is 19.7 Å². The molecule has 1 aromatic heterocycles. The van der Waals surface area contributed by atoms with Crippen molar-refractivity contribution in [3.63, 3.8) is 0 Å². The molecule has 1 N–H and O–H groups in total. The molecule has 0 unspecified atom stereocenters. The number of nitrogens with zero attached hydrogens (tertiary/aromatic N) is 5. The third-order valence-electron chi connectivity index (χ3n) is 5.70. The molecule has 0 radical (unpaired) electrons. The standard InChI is InChI=1S/C21H24N6O2/c22-11-19-24-20(23-15-7-8-15)26-21(25-19)27(16-4-2-1-3-5-16)12-14-6-9-17-18(10-14)29-13-28-17/h6,9-10,15-16H,1-5,7-8,12-13H2,(H,23,24,25,26). The molecule has 8 nitrogen and oxygen atoms in total. The second kappa shape index (κ2) is 7.74. The van der Waals surface area contributed by atoms with E-state index in [1.54, 1.807) is 0 Å². The second-order valence-corrected chi connectivity index (χ2v) is 7.92. The molecule has 2 aliphatic carbocycles. The first-order valence-corrected chi connectivity index (χ1v) is 10.4. The number of benzene rings is 1. The van der Waals surface area contributed by atoms with Gasteiger partial charge in [-0.3, -0.25) is 0 Å². The Labute approximate surface area is 169 Å². The molecule has 1 aliphatic heterocycles. The zero-order chi connectivity index (χ0) is 19.6. The molecule has 3 aliphatic rings. The third kappa shape index (κ3) is 4.04. The average Bonchev–Trinajstić information content (AvgIpc) is 3.45. The van der Waals surface area contributed by atoms with Crippen LogP contribution >= 0.6 is 0 Å². The van der Waals surface area contributed by atoms with Gasteiger partial charge in [0.2, 0.25) is 24.5 Å². The molecule has 0 amide bonds. The van der Waals surface area contributed by atoms with Gasteiger partial charge in [0.25, 0.3) is 0 Å². The Balaban J connectivity index is 1.47. The molecule has 8 heteroatoms. The van der Waals surface area contributed by atoms with Crippen LogP contribution in [0.15, 0.2) is 18.2 Å². The quantitative estimate of drug-likeness (QED) is 0.799. The van der Waals surface area contributed by atoms with Crippen molar-refractivity contribution in [1.29, 1.82) is 5.26 Å². The first-order valence-electron chi connectivity index (χ1n) is 10.4. The number of ether oxygens (including phenoxy) is 2. The summed E-state index contributed by atoms with van der Waals surface area (Å²) in [6, 6.07) is 8.87. The van der Waals surface area contributed by atoms with E-state index in [4.69, 9.17) is 14.5 Å². The number of anilines is 2. The number of aromatic nitrogens is 3. The maximum Gasteiger partial charge on any atom is 0.238 e. The van der Waals surface area contributed by atoms with Crippen molar-refractivity contribution in [2.24, 2.45) is 0 Å². The summed E-state index contributed by atoms with van der Waals surface area (Å²) in [5.41, 5.74) is 1.11. The van der Waals surface area contributed by atoms with E-state index in [0.717, 1.165) is 42.7 Å².